The average molecular weight is 407 g/mol. The van der Waals surface area contributed by atoms with Crippen molar-refractivity contribution in [3.8, 4) is 5.75 Å². The first-order valence-corrected chi connectivity index (χ1v) is 9.15. The van der Waals surface area contributed by atoms with E-state index >= 15 is 0 Å². The summed E-state index contributed by atoms with van der Waals surface area (Å²) >= 11 is 0. The van der Waals surface area contributed by atoms with E-state index in [0.717, 1.165) is 6.07 Å². The molecule has 8 heteroatoms. The van der Waals surface area contributed by atoms with Gasteiger partial charge in [-0.05, 0) is 49.7 Å². The van der Waals surface area contributed by atoms with Crippen LogP contribution in [0.2, 0.25) is 0 Å². The molecule has 154 valence electrons. The van der Waals surface area contributed by atoms with Crippen molar-refractivity contribution in [3.05, 3.63) is 65.5 Å². The van der Waals surface area contributed by atoms with Crippen LogP contribution in [-0.2, 0) is 9.53 Å². The maximum absolute atomic E-state index is 13.9. The van der Waals surface area contributed by atoms with Gasteiger partial charge in [-0.25, -0.2) is 8.78 Å². The Morgan fingerprint density at radius 3 is 2.52 bits per heavy atom. The standard InChI is InChI=1S/C21H20F3NO4/c1-2-28-20(27)21(13-29-17-5-3-4-16(23)18(17)24)10-11-25(12-21)19(26)14-6-8-15(22)9-7-14/h3-9H,2,10-13H2,1H3. The van der Waals surface area contributed by atoms with Gasteiger partial charge in [0.25, 0.3) is 5.91 Å². The molecule has 1 unspecified atom stereocenters. The molecule has 1 aliphatic heterocycles. The lowest BCUT2D eigenvalue weighted by molar-refractivity contribution is -0.156. The lowest BCUT2D eigenvalue weighted by atomic mass is 9.88. The number of carbonyl (C=O) groups excluding carboxylic acids is 2. The molecule has 1 atom stereocenters. The number of carbonyl (C=O) groups is 2. The van der Waals surface area contributed by atoms with Gasteiger partial charge >= 0.3 is 5.97 Å². The summed E-state index contributed by atoms with van der Waals surface area (Å²) in [5, 5.41) is 0. The number of hydrogen-bond acceptors (Lipinski definition) is 4. The number of nitrogens with zero attached hydrogens (tertiary/aromatic N) is 1. The summed E-state index contributed by atoms with van der Waals surface area (Å²) in [6, 6.07) is 8.59. The highest BCUT2D eigenvalue weighted by Gasteiger charge is 2.48. The van der Waals surface area contributed by atoms with Crippen molar-refractivity contribution in [3.63, 3.8) is 0 Å². The predicted molar refractivity (Wildman–Crippen MR) is 97.8 cm³/mol. The van der Waals surface area contributed by atoms with E-state index in [2.05, 4.69) is 0 Å². The third kappa shape index (κ3) is 4.36. The smallest absolute Gasteiger partial charge is 0.317 e. The van der Waals surface area contributed by atoms with Crippen molar-refractivity contribution in [1.29, 1.82) is 0 Å². The Morgan fingerprint density at radius 1 is 1.10 bits per heavy atom. The molecule has 0 saturated carbocycles. The number of ether oxygens (including phenoxy) is 2. The van der Waals surface area contributed by atoms with Crippen molar-refractivity contribution in [2.24, 2.45) is 5.41 Å². The molecule has 2 aromatic rings. The van der Waals surface area contributed by atoms with Gasteiger partial charge in [0, 0.05) is 18.7 Å². The normalized spacial score (nSPS) is 18.6. The van der Waals surface area contributed by atoms with Gasteiger partial charge in [-0.2, -0.15) is 4.39 Å². The van der Waals surface area contributed by atoms with Crippen LogP contribution >= 0.6 is 0 Å². The fourth-order valence-corrected chi connectivity index (χ4v) is 3.26. The Bertz CT molecular complexity index is 903. The van der Waals surface area contributed by atoms with Crippen LogP contribution in [0.1, 0.15) is 23.7 Å². The van der Waals surface area contributed by atoms with E-state index in [1.54, 1.807) is 6.92 Å². The van der Waals surface area contributed by atoms with Crippen molar-refractivity contribution in [2.75, 3.05) is 26.3 Å². The third-order valence-corrected chi connectivity index (χ3v) is 4.86. The number of hydrogen-bond donors (Lipinski definition) is 0. The van der Waals surface area contributed by atoms with E-state index in [-0.39, 0.29) is 49.9 Å². The second-order valence-corrected chi connectivity index (χ2v) is 6.83. The van der Waals surface area contributed by atoms with E-state index < -0.39 is 28.8 Å². The fraction of sp³-hybridized carbons (Fsp3) is 0.333. The molecule has 2 aromatic carbocycles. The topological polar surface area (TPSA) is 55.8 Å². The van der Waals surface area contributed by atoms with Gasteiger partial charge in [0.15, 0.2) is 11.6 Å². The minimum Gasteiger partial charge on any atom is -0.489 e. The quantitative estimate of drug-likeness (QED) is 0.687. The summed E-state index contributed by atoms with van der Waals surface area (Å²) < 4.78 is 51.0. The first kappa shape index (κ1) is 20.7. The van der Waals surface area contributed by atoms with Crippen LogP contribution in [0.5, 0.6) is 5.75 Å². The van der Waals surface area contributed by atoms with Crippen LogP contribution in [-0.4, -0.2) is 43.1 Å². The molecule has 1 heterocycles. The number of benzene rings is 2. The Labute approximate surface area is 166 Å². The van der Waals surface area contributed by atoms with Gasteiger partial charge in [0.2, 0.25) is 5.82 Å². The molecule has 1 fully saturated rings. The molecule has 0 bridgehead atoms. The molecule has 1 amide bonds. The maximum Gasteiger partial charge on any atom is 0.317 e. The lowest BCUT2D eigenvalue weighted by Gasteiger charge is -2.27. The van der Waals surface area contributed by atoms with Crippen LogP contribution in [0.15, 0.2) is 42.5 Å². The van der Waals surface area contributed by atoms with Crippen molar-refractivity contribution in [1.82, 2.24) is 4.90 Å². The highest BCUT2D eigenvalue weighted by Crippen LogP contribution is 2.34. The zero-order chi connectivity index (χ0) is 21.0. The van der Waals surface area contributed by atoms with Gasteiger partial charge in [0.1, 0.15) is 17.8 Å². The molecule has 3 rings (SSSR count). The largest absolute Gasteiger partial charge is 0.489 e. The Hall–Kier alpha value is -3.03. The summed E-state index contributed by atoms with van der Waals surface area (Å²) in [6.07, 6.45) is 0.232. The van der Waals surface area contributed by atoms with E-state index in [1.165, 1.54) is 41.3 Å². The number of likely N-dealkylation sites (tertiary alicyclic amines) is 1. The molecular formula is C21H20F3NO4. The van der Waals surface area contributed by atoms with Crippen molar-refractivity contribution < 1.29 is 32.2 Å². The summed E-state index contributed by atoms with van der Waals surface area (Å²) in [7, 11) is 0. The Morgan fingerprint density at radius 2 is 1.83 bits per heavy atom. The maximum atomic E-state index is 13.9. The van der Waals surface area contributed by atoms with Crippen LogP contribution in [0.3, 0.4) is 0 Å². The van der Waals surface area contributed by atoms with E-state index in [0.29, 0.717) is 0 Å². The molecule has 5 nitrogen and oxygen atoms in total. The second-order valence-electron chi connectivity index (χ2n) is 6.83. The lowest BCUT2D eigenvalue weighted by Crippen LogP contribution is -2.42. The van der Waals surface area contributed by atoms with Gasteiger partial charge < -0.3 is 14.4 Å². The monoisotopic (exact) mass is 407 g/mol. The number of halogens is 3. The Kier molecular flexibility index (Phi) is 6.10. The average Bonchev–Trinajstić information content (AvgIpc) is 3.15. The predicted octanol–water partition coefficient (Wildman–Crippen LogP) is 3.58. The minimum absolute atomic E-state index is 0.0149. The van der Waals surface area contributed by atoms with E-state index in [9.17, 15) is 22.8 Å². The van der Waals surface area contributed by atoms with E-state index in [1.807, 2.05) is 0 Å². The molecular weight excluding hydrogens is 387 g/mol. The van der Waals surface area contributed by atoms with Gasteiger partial charge in [-0.3, -0.25) is 9.59 Å². The number of amides is 1. The molecule has 1 aliphatic rings. The highest BCUT2D eigenvalue weighted by molar-refractivity contribution is 5.95. The third-order valence-electron chi connectivity index (χ3n) is 4.86. The van der Waals surface area contributed by atoms with E-state index in [4.69, 9.17) is 9.47 Å². The molecule has 0 radical (unpaired) electrons. The second kappa shape index (κ2) is 8.55. The van der Waals surface area contributed by atoms with Crippen LogP contribution in [0.4, 0.5) is 13.2 Å². The summed E-state index contributed by atoms with van der Waals surface area (Å²) in [6.45, 7) is 1.72. The van der Waals surface area contributed by atoms with Crippen LogP contribution in [0.25, 0.3) is 0 Å². The van der Waals surface area contributed by atoms with Crippen molar-refractivity contribution >= 4 is 11.9 Å². The molecule has 29 heavy (non-hydrogen) atoms. The first-order chi connectivity index (χ1) is 13.9. The molecule has 0 N–H and O–H groups in total. The number of rotatable bonds is 6. The minimum atomic E-state index is -1.22. The van der Waals surface area contributed by atoms with Gasteiger partial charge in [-0.1, -0.05) is 6.07 Å². The summed E-state index contributed by atoms with van der Waals surface area (Å²) in [5.41, 5.74) is -0.937. The fourth-order valence-electron chi connectivity index (χ4n) is 3.26. The zero-order valence-corrected chi connectivity index (χ0v) is 15.8. The Balaban J connectivity index is 1.78. The summed E-state index contributed by atoms with van der Waals surface area (Å²) in [5.74, 6) is -3.94. The zero-order valence-electron chi connectivity index (χ0n) is 15.8. The van der Waals surface area contributed by atoms with Crippen LogP contribution in [0, 0.1) is 22.9 Å². The first-order valence-electron chi connectivity index (χ1n) is 9.15. The number of esters is 1. The molecule has 0 spiro atoms. The van der Waals surface area contributed by atoms with Crippen molar-refractivity contribution in [2.45, 2.75) is 13.3 Å². The SMILES string of the molecule is CCOC(=O)C1(COc2cccc(F)c2F)CCN(C(=O)c2ccc(F)cc2)C1. The van der Waals surface area contributed by atoms with Gasteiger partial charge in [0.05, 0.1) is 6.61 Å². The molecule has 0 aromatic heterocycles. The molecule has 1 saturated heterocycles. The van der Waals surface area contributed by atoms with Gasteiger partial charge in [-0.15, -0.1) is 0 Å². The molecule has 0 aliphatic carbocycles. The summed E-state index contributed by atoms with van der Waals surface area (Å²) in [4.78, 5) is 26.8. The van der Waals surface area contributed by atoms with Crippen LogP contribution < -0.4 is 4.74 Å². The highest BCUT2D eigenvalue weighted by atomic mass is 19.2.